The van der Waals surface area contributed by atoms with Crippen molar-refractivity contribution in [2.24, 2.45) is 5.92 Å². The SMILES string of the molecule is CC(=O)SCC1CC(=O)N(CCc2ccc3cccnc3c2)C1. The molecule has 2 aromatic rings. The molecule has 0 saturated carbocycles. The van der Waals surface area contributed by atoms with Crippen LogP contribution < -0.4 is 0 Å². The normalized spacial score (nSPS) is 17.9. The monoisotopic (exact) mass is 328 g/mol. The minimum absolute atomic E-state index is 0.125. The number of fused-ring (bicyclic) bond motifs is 1. The number of hydrogen-bond acceptors (Lipinski definition) is 4. The second-order valence-corrected chi connectivity index (χ2v) is 7.19. The topological polar surface area (TPSA) is 50.3 Å². The third kappa shape index (κ3) is 4.10. The van der Waals surface area contributed by atoms with Crippen LogP contribution in [0, 0.1) is 5.92 Å². The van der Waals surface area contributed by atoms with Crippen LogP contribution in [-0.4, -0.2) is 39.7 Å². The molecule has 4 nitrogen and oxygen atoms in total. The Kier molecular flexibility index (Phi) is 4.96. The van der Waals surface area contributed by atoms with Crippen molar-refractivity contribution < 1.29 is 9.59 Å². The maximum atomic E-state index is 12.1. The number of pyridine rings is 1. The van der Waals surface area contributed by atoms with E-state index >= 15 is 0 Å². The minimum atomic E-state index is 0.125. The average molecular weight is 328 g/mol. The van der Waals surface area contributed by atoms with E-state index in [0.29, 0.717) is 12.3 Å². The van der Waals surface area contributed by atoms with Crippen molar-refractivity contribution >= 4 is 33.7 Å². The highest BCUT2D eigenvalue weighted by Crippen LogP contribution is 2.23. The van der Waals surface area contributed by atoms with Crippen LogP contribution in [0.3, 0.4) is 0 Å². The van der Waals surface area contributed by atoms with Gasteiger partial charge in [0.25, 0.3) is 0 Å². The first kappa shape index (κ1) is 16.0. The molecule has 1 atom stereocenters. The number of benzene rings is 1. The Bertz CT molecular complexity index is 732. The minimum Gasteiger partial charge on any atom is -0.342 e. The number of aromatic nitrogens is 1. The van der Waals surface area contributed by atoms with Crippen molar-refractivity contribution in [3.63, 3.8) is 0 Å². The standard InChI is InChI=1S/C18H20N2O2S/c1-13(21)23-12-15-10-18(22)20(11-15)8-6-14-4-5-16-3-2-7-19-17(16)9-14/h2-5,7,9,15H,6,8,10-12H2,1H3. The van der Waals surface area contributed by atoms with Gasteiger partial charge in [0.05, 0.1) is 5.52 Å². The van der Waals surface area contributed by atoms with Crippen LogP contribution in [-0.2, 0) is 16.0 Å². The van der Waals surface area contributed by atoms with Crippen molar-refractivity contribution in [2.45, 2.75) is 19.8 Å². The third-order valence-corrected chi connectivity index (χ3v) is 5.20. The van der Waals surface area contributed by atoms with Crippen molar-refractivity contribution in [1.82, 2.24) is 9.88 Å². The van der Waals surface area contributed by atoms with Gasteiger partial charge < -0.3 is 4.90 Å². The van der Waals surface area contributed by atoms with Gasteiger partial charge in [-0.2, -0.15) is 0 Å². The predicted octanol–water partition coefficient (Wildman–Crippen LogP) is 2.91. The molecule has 1 saturated heterocycles. The molecular weight excluding hydrogens is 308 g/mol. The van der Waals surface area contributed by atoms with Crippen molar-refractivity contribution in [2.75, 3.05) is 18.8 Å². The fourth-order valence-corrected chi connectivity index (χ4v) is 3.64. The van der Waals surface area contributed by atoms with Crippen LogP contribution in [0.25, 0.3) is 10.9 Å². The molecule has 5 heteroatoms. The van der Waals surface area contributed by atoms with E-state index in [0.717, 1.165) is 36.2 Å². The summed E-state index contributed by atoms with van der Waals surface area (Å²) in [6.45, 7) is 3.08. The molecule has 0 bridgehead atoms. The van der Waals surface area contributed by atoms with Crippen LogP contribution in [0.15, 0.2) is 36.5 Å². The molecule has 1 aromatic heterocycles. The fraction of sp³-hybridized carbons (Fsp3) is 0.389. The molecule has 0 aliphatic carbocycles. The summed E-state index contributed by atoms with van der Waals surface area (Å²) in [7, 11) is 0. The largest absolute Gasteiger partial charge is 0.342 e. The summed E-state index contributed by atoms with van der Waals surface area (Å²) in [4.78, 5) is 29.4. The molecule has 1 amide bonds. The Labute approximate surface area is 140 Å². The van der Waals surface area contributed by atoms with Crippen LogP contribution in [0.5, 0.6) is 0 Å². The van der Waals surface area contributed by atoms with E-state index in [1.165, 1.54) is 17.3 Å². The number of thioether (sulfide) groups is 1. The zero-order valence-corrected chi connectivity index (χ0v) is 14.0. The number of carbonyl (C=O) groups excluding carboxylic acids is 2. The van der Waals surface area contributed by atoms with Gasteiger partial charge in [-0.1, -0.05) is 30.0 Å². The van der Waals surface area contributed by atoms with E-state index in [9.17, 15) is 9.59 Å². The Balaban J connectivity index is 1.56. The lowest BCUT2D eigenvalue weighted by Gasteiger charge is -2.16. The smallest absolute Gasteiger partial charge is 0.222 e. The van der Waals surface area contributed by atoms with Gasteiger partial charge in [0, 0.05) is 43.8 Å². The van der Waals surface area contributed by atoms with E-state index in [4.69, 9.17) is 0 Å². The van der Waals surface area contributed by atoms with Gasteiger partial charge in [0.15, 0.2) is 5.12 Å². The van der Waals surface area contributed by atoms with E-state index < -0.39 is 0 Å². The molecule has 1 fully saturated rings. The van der Waals surface area contributed by atoms with E-state index in [-0.39, 0.29) is 11.0 Å². The van der Waals surface area contributed by atoms with Crippen molar-refractivity contribution in [3.8, 4) is 0 Å². The number of nitrogens with zero attached hydrogens (tertiary/aromatic N) is 2. The molecule has 0 radical (unpaired) electrons. The number of hydrogen-bond donors (Lipinski definition) is 0. The summed E-state index contributed by atoms with van der Waals surface area (Å²) in [6, 6.07) is 10.3. The van der Waals surface area contributed by atoms with Gasteiger partial charge in [0.1, 0.15) is 0 Å². The number of likely N-dealkylation sites (tertiary alicyclic amines) is 1. The summed E-state index contributed by atoms with van der Waals surface area (Å²) in [5.74, 6) is 1.25. The van der Waals surface area contributed by atoms with Crippen LogP contribution >= 0.6 is 11.8 Å². The molecule has 0 N–H and O–H groups in total. The fourth-order valence-electron chi connectivity index (χ4n) is 2.95. The van der Waals surface area contributed by atoms with E-state index in [1.807, 2.05) is 17.0 Å². The lowest BCUT2D eigenvalue weighted by molar-refractivity contribution is -0.127. The molecule has 1 aliphatic heterocycles. The first-order chi connectivity index (χ1) is 11.1. The van der Waals surface area contributed by atoms with Crippen molar-refractivity contribution in [3.05, 3.63) is 42.1 Å². The maximum absolute atomic E-state index is 12.1. The molecule has 2 heterocycles. The Morgan fingerprint density at radius 1 is 1.39 bits per heavy atom. The van der Waals surface area contributed by atoms with Gasteiger partial charge >= 0.3 is 0 Å². The number of amides is 1. The highest BCUT2D eigenvalue weighted by Gasteiger charge is 2.29. The molecular formula is C18H20N2O2S. The Hall–Kier alpha value is -1.88. The van der Waals surface area contributed by atoms with Gasteiger partial charge in [-0.3, -0.25) is 14.6 Å². The highest BCUT2D eigenvalue weighted by atomic mass is 32.2. The molecule has 120 valence electrons. The Morgan fingerprint density at radius 2 is 2.26 bits per heavy atom. The third-order valence-electron chi connectivity index (χ3n) is 4.16. The summed E-state index contributed by atoms with van der Waals surface area (Å²) >= 11 is 1.32. The summed E-state index contributed by atoms with van der Waals surface area (Å²) in [5.41, 5.74) is 2.19. The second kappa shape index (κ2) is 7.13. The predicted molar refractivity (Wildman–Crippen MR) is 93.3 cm³/mol. The van der Waals surface area contributed by atoms with Gasteiger partial charge in [-0.05, 0) is 30.0 Å². The molecule has 1 unspecified atom stereocenters. The summed E-state index contributed by atoms with van der Waals surface area (Å²) in [6.07, 6.45) is 3.21. The molecule has 1 aliphatic rings. The lowest BCUT2D eigenvalue weighted by Crippen LogP contribution is -2.27. The maximum Gasteiger partial charge on any atom is 0.222 e. The zero-order chi connectivity index (χ0) is 16.2. The summed E-state index contributed by atoms with van der Waals surface area (Å²) in [5, 5.41) is 1.26. The molecule has 1 aromatic carbocycles. The van der Waals surface area contributed by atoms with Crippen LogP contribution in [0.1, 0.15) is 18.9 Å². The first-order valence-corrected chi connectivity index (χ1v) is 8.85. The molecule has 23 heavy (non-hydrogen) atoms. The van der Waals surface area contributed by atoms with E-state index in [2.05, 4.69) is 23.2 Å². The summed E-state index contributed by atoms with van der Waals surface area (Å²) < 4.78 is 0. The average Bonchev–Trinajstić information content (AvgIpc) is 2.91. The van der Waals surface area contributed by atoms with Crippen LogP contribution in [0.4, 0.5) is 0 Å². The number of carbonyl (C=O) groups is 2. The zero-order valence-electron chi connectivity index (χ0n) is 13.2. The van der Waals surface area contributed by atoms with E-state index in [1.54, 1.807) is 13.1 Å². The molecule has 0 spiro atoms. The lowest BCUT2D eigenvalue weighted by atomic mass is 10.1. The Morgan fingerprint density at radius 3 is 3.09 bits per heavy atom. The second-order valence-electron chi connectivity index (χ2n) is 5.99. The van der Waals surface area contributed by atoms with Crippen molar-refractivity contribution in [1.29, 1.82) is 0 Å². The first-order valence-electron chi connectivity index (χ1n) is 7.86. The quantitative estimate of drug-likeness (QED) is 0.847. The van der Waals surface area contributed by atoms with Gasteiger partial charge in [-0.15, -0.1) is 0 Å². The van der Waals surface area contributed by atoms with Gasteiger partial charge in [-0.25, -0.2) is 0 Å². The number of rotatable bonds is 5. The van der Waals surface area contributed by atoms with Gasteiger partial charge in [0.2, 0.25) is 5.91 Å². The molecule has 3 rings (SSSR count). The van der Waals surface area contributed by atoms with Crippen LogP contribution in [0.2, 0.25) is 0 Å². The highest BCUT2D eigenvalue weighted by molar-refractivity contribution is 8.13.